The van der Waals surface area contributed by atoms with Crippen molar-refractivity contribution in [3.63, 3.8) is 0 Å². The van der Waals surface area contributed by atoms with Crippen LogP contribution >= 0.6 is 0 Å². The summed E-state index contributed by atoms with van der Waals surface area (Å²) in [6.07, 6.45) is 0.219. The zero-order valence-corrected chi connectivity index (χ0v) is 18.6. The predicted molar refractivity (Wildman–Crippen MR) is 121 cm³/mol. The van der Waals surface area contributed by atoms with Gasteiger partial charge in [0.25, 0.3) is 5.91 Å². The van der Waals surface area contributed by atoms with Gasteiger partial charge in [-0.1, -0.05) is 52.0 Å². The van der Waals surface area contributed by atoms with Crippen LogP contribution in [0, 0.1) is 0 Å². The lowest BCUT2D eigenvalue weighted by Crippen LogP contribution is -2.31. The van der Waals surface area contributed by atoms with Gasteiger partial charge in [-0.2, -0.15) is 0 Å². The molecule has 1 heterocycles. The van der Waals surface area contributed by atoms with Crippen molar-refractivity contribution in [2.45, 2.75) is 45.6 Å². The molecule has 5 nitrogen and oxygen atoms in total. The topological polar surface area (TPSA) is 60.9 Å². The fourth-order valence-corrected chi connectivity index (χ4v) is 3.74. The van der Waals surface area contributed by atoms with E-state index in [1.807, 2.05) is 67.5 Å². The number of anilines is 2. The fraction of sp³-hybridized carbons (Fsp3) is 0.360. The average molecular weight is 407 g/mol. The summed E-state index contributed by atoms with van der Waals surface area (Å²) in [4.78, 5) is 29.2. The number of carbonyl (C=O) groups excluding carboxylic acids is 2. The Morgan fingerprint density at radius 3 is 2.07 bits per heavy atom. The molecule has 0 saturated carbocycles. The van der Waals surface area contributed by atoms with E-state index in [1.54, 1.807) is 6.92 Å². The fourth-order valence-electron chi connectivity index (χ4n) is 3.74. The first-order chi connectivity index (χ1) is 14.1. The number of aliphatic hydroxyl groups excluding tert-OH is 1. The first-order valence-corrected chi connectivity index (χ1v) is 10.2. The van der Waals surface area contributed by atoms with Crippen LogP contribution < -0.4 is 9.80 Å². The van der Waals surface area contributed by atoms with Crippen LogP contribution in [-0.2, 0) is 15.0 Å². The Morgan fingerprint density at radius 2 is 1.60 bits per heavy atom. The van der Waals surface area contributed by atoms with Gasteiger partial charge >= 0.3 is 0 Å². The monoisotopic (exact) mass is 406 g/mol. The van der Waals surface area contributed by atoms with E-state index in [-0.39, 0.29) is 23.2 Å². The molecule has 0 saturated heterocycles. The second-order valence-corrected chi connectivity index (χ2v) is 8.90. The molecular weight excluding hydrogens is 376 g/mol. The van der Waals surface area contributed by atoms with Crippen molar-refractivity contribution in [3.8, 4) is 0 Å². The number of ketones is 1. The Kier molecular flexibility index (Phi) is 5.75. The Balaban J connectivity index is 2.11. The minimum atomic E-state index is -0.649. The lowest BCUT2D eigenvalue weighted by atomic mass is 9.85. The van der Waals surface area contributed by atoms with Crippen LogP contribution in [0.4, 0.5) is 11.4 Å². The summed E-state index contributed by atoms with van der Waals surface area (Å²) in [6, 6.07) is 14.8. The molecule has 1 unspecified atom stereocenters. The minimum Gasteiger partial charge on any atom is -0.503 e. The Hall–Kier alpha value is -3.08. The highest BCUT2D eigenvalue weighted by atomic mass is 16.3. The van der Waals surface area contributed by atoms with E-state index in [0.717, 1.165) is 16.8 Å². The highest BCUT2D eigenvalue weighted by Gasteiger charge is 2.43. The van der Waals surface area contributed by atoms with Crippen LogP contribution in [0.1, 0.15) is 51.3 Å². The van der Waals surface area contributed by atoms with E-state index >= 15 is 0 Å². The summed E-state index contributed by atoms with van der Waals surface area (Å²) in [5, 5.41) is 10.6. The highest BCUT2D eigenvalue weighted by molar-refractivity contribution is 6.16. The third-order valence-corrected chi connectivity index (χ3v) is 5.57. The number of amides is 1. The zero-order chi connectivity index (χ0) is 22.2. The molecule has 2 aromatic rings. The van der Waals surface area contributed by atoms with Crippen molar-refractivity contribution in [3.05, 3.63) is 71.0 Å². The molecule has 0 radical (unpaired) electrons. The lowest BCUT2D eigenvalue weighted by Gasteiger charge is -2.28. The van der Waals surface area contributed by atoms with Gasteiger partial charge in [-0.05, 0) is 40.8 Å². The summed E-state index contributed by atoms with van der Waals surface area (Å²) < 4.78 is 0. The van der Waals surface area contributed by atoms with Crippen LogP contribution in [0.3, 0.4) is 0 Å². The van der Waals surface area contributed by atoms with Gasteiger partial charge < -0.3 is 10.0 Å². The number of rotatable bonds is 5. The number of carbonyl (C=O) groups is 2. The number of hydrogen-bond acceptors (Lipinski definition) is 4. The molecule has 5 heteroatoms. The van der Waals surface area contributed by atoms with Gasteiger partial charge in [-0.25, -0.2) is 0 Å². The highest BCUT2D eigenvalue weighted by Crippen LogP contribution is 2.42. The number of hydrogen-bond donors (Lipinski definition) is 1. The molecule has 0 aliphatic carbocycles. The van der Waals surface area contributed by atoms with Gasteiger partial charge in [0.15, 0.2) is 11.5 Å². The Morgan fingerprint density at radius 1 is 1.03 bits per heavy atom. The molecule has 0 bridgehead atoms. The molecule has 158 valence electrons. The van der Waals surface area contributed by atoms with Crippen LogP contribution in [-0.4, -0.2) is 30.9 Å². The van der Waals surface area contributed by atoms with Crippen molar-refractivity contribution in [2.24, 2.45) is 0 Å². The molecule has 1 amide bonds. The molecule has 1 atom stereocenters. The predicted octanol–water partition coefficient (Wildman–Crippen LogP) is 4.93. The minimum absolute atomic E-state index is 0.00817. The summed E-state index contributed by atoms with van der Waals surface area (Å²) in [7, 11) is 3.89. The number of benzene rings is 2. The van der Waals surface area contributed by atoms with E-state index < -0.39 is 17.7 Å². The number of Topliss-reactive ketones (excluding diaryl/α,β-unsaturated/α-hetero) is 1. The molecule has 30 heavy (non-hydrogen) atoms. The smallest absolute Gasteiger partial charge is 0.294 e. The lowest BCUT2D eigenvalue weighted by molar-refractivity contribution is -0.118. The van der Waals surface area contributed by atoms with Gasteiger partial charge in [0.2, 0.25) is 0 Å². The molecule has 2 aromatic carbocycles. The van der Waals surface area contributed by atoms with E-state index in [1.165, 1.54) is 4.90 Å². The zero-order valence-electron chi connectivity index (χ0n) is 18.6. The van der Waals surface area contributed by atoms with Crippen molar-refractivity contribution in [1.82, 2.24) is 0 Å². The van der Waals surface area contributed by atoms with E-state index in [9.17, 15) is 14.7 Å². The largest absolute Gasteiger partial charge is 0.503 e. The van der Waals surface area contributed by atoms with Crippen molar-refractivity contribution < 1.29 is 14.7 Å². The van der Waals surface area contributed by atoms with Crippen molar-refractivity contribution in [1.29, 1.82) is 0 Å². The van der Waals surface area contributed by atoms with E-state index in [4.69, 9.17) is 0 Å². The van der Waals surface area contributed by atoms with Crippen LogP contribution in [0.2, 0.25) is 0 Å². The van der Waals surface area contributed by atoms with Crippen molar-refractivity contribution in [2.75, 3.05) is 23.9 Å². The first-order valence-electron chi connectivity index (χ1n) is 10.2. The van der Waals surface area contributed by atoms with Crippen molar-refractivity contribution >= 4 is 23.1 Å². The maximum atomic E-state index is 13.0. The SMILES string of the molecule is CCC(=O)C1=C(O)C(=O)N(c2ccc(N(C)C)cc2)C1c1ccc(C(C)(C)C)cc1. The van der Waals surface area contributed by atoms with Gasteiger partial charge in [-0.3, -0.25) is 14.5 Å². The number of nitrogens with zero attached hydrogens (tertiary/aromatic N) is 2. The van der Waals surface area contributed by atoms with Crippen LogP contribution in [0.15, 0.2) is 59.9 Å². The second-order valence-electron chi connectivity index (χ2n) is 8.90. The first kappa shape index (κ1) is 21.6. The van der Waals surface area contributed by atoms with Gasteiger partial charge in [0.1, 0.15) is 0 Å². The summed E-state index contributed by atoms with van der Waals surface area (Å²) in [5.41, 5.74) is 3.76. The standard InChI is InChI=1S/C25H30N2O3/c1-7-20(28)21-22(16-8-10-17(11-9-16)25(2,3)4)27(24(30)23(21)29)19-14-12-18(13-15-19)26(5)6/h8-15,22,29H,7H2,1-6H3. The normalized spacial score (nSPS) is 16.9. The van der Waals surface area contributed by atoms with Gasteiger partial charge in [0, 0.05) is 31.9 Å². The third kappa shape index (κ3) is 3.84. The second kappa shape index (κ2) is 7.98. The number of aliphatic hydroxyl groups is 1. The quantitative estimate of drug-likeness (QED) is 0.765. The molecule has 3 rings (SSSR count). The van der Waals surface area contributed by atoms with Gasteiger partial charge in [-0.15, -0.1) is 0 Å². The molecule has 1 aliphatic rings. The summed E-state index contributed by atoms with van der Waals surface area (Å²) in [5.74, 6) is -1.23. The Bertz CT molecular complexity index is 981. The maximum absolute atomic E-state index is 13.0. The average Bonchev–Trinajstić information content (AvgIpc) is 2.98. The molecule has 0 fully saturated rings. The molecule has 0 aromatic heterocycles. The van der Waals surface area contributed by atoms with E-state index in [2.05, 4.69) is 20.8 Å². The summed E-state index contributed by atoms with van der Waals surface area (Å²) in [6.45, 7) is 8.15. The molecule has 1 N–H and O–H groups in total. The molecule has 1 aliphatic heterocycles. The van der Waals surface area contributed by atoms with Gasteiger partial charge in [0.05, 0.1) is 11.6 Å². The molecular formula is C25H30N2O3. The van der Waals surface area contributed by atoms with E-state index in [0.29, 0.717) is 5.69 Å². The third-order valence-electron chi connectivity index (χ3n) is 5.57. The maximum Gasteiger partial charge on any atom is 0.294 e. The van der Waals surface area contributed by atoms with Crippen LogP contribution in [0.25, 0.3) is 0 Å². The molecule has 0 spiro atoms. The Labute approximate surface area is 178 Å². The summed E-state index contributed by atoms with van der Waals surface area (Å²) >= 11 is 0. The van der Waals surface area contributed by atoms with Crippen LogP contribution in [0.5, 0.6) is 0 Å².